The summed E-state index contributed by atoms with van der Waals surface area (Å²) in [7, 11) is 0. The molecule has 1 atom stereocenters. The number of carbonyl (C=O) groups is 1. The molecule has 0 amide bonds. The molecule has 1 aliphatic rings. The van der Waals surface area contributed by atoms with Crippen molar-refractivity contribution in [2.75, 3.05) is 18.5 Å². The number of hydrogen-bond donors (Lipinski definition) is 2. The Balaban J connectivity index is 2.10. The van der Waals surface area contributed by atoms with Crippen molar-refractivity contribution in [2.24, 2.45) is 0 Å². The van der Waals surface area contributed by atoms with E-state index in [9.17, 15) is 4.79 Å². The van der Waals surface area contributed by atoms with E-state index in [1.807, 2.05) is 0 Å². The Labute approximate surface area is 92.6 Å². The second-order valence-electron chi connectivity index (χ2n) is 3.66. The van der Waals surface area contributed by atoms with Gasteiger partial charge in [0.05, 0.1) is 18.8 Å². The van der Waals surface area contributed by atoms with Crippen LogP contribution < -0.4 is 5.32 Å². The molecule has 2 N–H and O–H groups in total. The zero-order valence-electron chi connectivity index (χ0n) is 8.72. The fourth-order valence-corrected chi connectivity index (χ4v) is 1.66. The van der Waals surface area contributed by atoms with E-state index >= 15 is 0 Å². The molecule has 2 rings (SSSR count). The Bertz CT molecular complexity index is 377. The van der Waals surface area contributed by atoms with Crippen LogP contribution in [0.15, 0.2) is 12.3 Å². The summed E-state index contributed by atoms with van der Waals surface area (Å²) in [5.74, 6) is -0.695. The predicted octanol–water partition coefficient (Wildman–Crippen LogP) is 0.766. The fourth-order valence-electron chi connectivity index (χ4n) is 1.66. The smallest absolute Gasteiger partial charge is 0.339 e. The minimum absolute atomic E-state index is 0.114. The molecule has 0 bridgehead atoms. The number of ether oxygens (including phenoxy) is 1. The number of aromatic carboxylic acids is 1. The number of carboxylic acid groups (broad SMARTS) is 1. The molecule has 6 heteroatoms. The van der Waals surface area contributed by atoms with Crippen molar-refractivity contribution in [2.45, 2.75) is 18.9 Å². The third-order valence-electron chi connectivity index (χ3n) is 2.45. The van der Waals surface area contributed by atoms with E-state index in [1.165, 1.54) is 12.3 Å². The van der Waals surface area contributed by atoms with Gasteiger partial charge in [-0.3, -0.25) is 0 Å². The molecule has 16 heavy (non-hydrogen) atoms. The normalized spacial score (nSPS) is 20.4. The van der Waals surface area contributed by atoms with Gasteiger partial charge >= 0.3 is 5.97 Å². The molecular formula is C10H13N3O3. The third-order valence-corrected chi connectivity index (χ3v) is 2.45. The Kier molecular flexibility index (Phi) is 3.31. The summed E-state index contributed by atoms with van der Waals surface area (Å²) in [6, 6.07) is 1.55. The molecule has 0 saturated carbocycles. The summed E-state index contributed by atoms with van der Waals surface area (Å²) in [5.41, 5.74) is 0.139. The lowest BCUT2D eigenvalue weighted by atomic mass is 10.1. The van der Waals surface area contributed by atoms with E-state index in [0.29, 0.717) is 12.4 Å². The summed E-state index contributed by atoms with van der Waals surface area (Å²) in [5, 5.41) is 19.5. The lowest BCUT2D eigenvalue weighted by Gasteiger charge is -2.23. The highest BCUT2D eigenvalue weighted by molar-refractivity contribution is 5.92. The minimum atomic E-state index is -1.01. The summed E-state index contributed by atoms with van der Waals surface area (Å²) < 4.78 is 5.30. The van der Waals surface area contributed by atoms with Crippen LogP contribution >= 0.6 is 0 Å². The first-order chi connectivity index (χ1) is 7.77. The minimum Gasteiger partial charge on any atom is -0.478 e. The van der Waals surface area contributed by atoms with Crippen molar-refractivity contribution >= 4 is 11.8 Å². The quantitative estimate of drug-likeness (QED) is 0.787. The van der Waals surface area contributed by atoms with Crippen LogP contribution in [0.25, 0.3) is 0 Å². The number of rotatable bonds is 3. The first kappa shape index (κ1) is 10.8. The maximum atomic E-state index is 10.9. The van der Waals surface area contributed by atoms with Crippen LogP contribution in [0.5, 0.6) is 0 Å². The molecule has 1 aliphatic heterocycles. The fraction of sp³-hybridized carbons (Fsp3) is 0.500. The predicted molar refractivity (Wildman–Crippen MR) is 56.5 cm³/mol. The lowest BCUT2D eigenvalue weighted by Crippen LogP contribution is -2.31. The van der Waals surface area contributed by atoms with Crippen molar-refractivity contribution in [1.29, 1.82) is 0 Å². The average molecular weight is 223 g/mol. The van der Waals surface area contributed by atoms with Crippen LogP contribution in [0.1, 0.15) is 23.2 Å². The van der Waals surface area contributed by atoms with E-state index in [-0.39, 0.29) is 11.6 Å². The topological polar surface area (TPSA) is 84.3 Å². The summed E-state index contributed by atoms with van der Waals surface area (Å²) in [4.78, 5) is 10.9. The van der Waals surface area contributed by atoms with Crippen LogP contribution in [0.2, 0.25) is 0 Å². The average Bonchev–Trinajstić information content (AvgIpc) is 2.31. The Hall–Kier alpha value is -1.69. The highest BCUT2D eigenvalue weighted by Crippen LogP contribution is 2.15. The monoisotopic (exact) mass is 223 g/mol. The molecule has 0 spiro atoms. The van der Waals surface area contributed by atoms with E-state index in [4.69, 9.17) is 9.84 Å². The first-order valence-corrected chi connectivity index (χ1v) is 5.16. The molecule has 0 aliphatic carbocycles. The molecular weight excluding hydrogens is 210 g/mol. The van der Waals surface area contributed by atoms with Crippen LogP contribution in [-0.2, 0) is 4.74 Å². The van der Waals surface area contributed by atoms with Gasteiger partial charge in [-0.05, 0) is 18.9 Å². The van der Waals surface area contributed by atoms with Crippen molar-refractivity contribution in [3.8, 4) is 0 Å². The van der Waals surface area contributed by atoms with Gasteiger partial charge in [-0.2, -0.15) is 5.10 Å². The molecule has 1 saturated heterocycles. The van der Waals surface area contributed by atoms with Crippen molar-refractivity contribution in [1.82, 2.24) is 10.2 Å². The highest BCUT2D eigenvalue weighted by atomic mass is 16.5. The Morgan fingerprint density at radius 3 is 3.19 bits per heavy atom. The lowest BCUT2D eigenvalue weighted by molar-refractivity contribution is 0.0696. The number of hydrogen-bond acceptors (Lipinski definition) is 5. The van der Waals surface area contributed by atoms with Gasteiger partial charge in [-0.15, -0.1) is 5.10 Å². The molecule has 0 radical (unpaired) electrons. The van der Waals surface area contributed by atoms with Crippen molar-refractivity contribution in [3.63, 3.8) is 0 Å². The van der Waals surface area contributed by atoms with Crippen molar-refractivity contribution < 1.29 is 14.6 Å². The van der Waals surface area contributed by atoms with Gasteiger partial charge in [-0.25, -0.2) is 4.79 Å². The second kappa shape index (κ2) is 4.89. The van der Waals surface area contributed by atoms with Crippen LogP contribution in [0.4, 0.5) is 5.82 Å². The molecule has 0 aromatic carbocycles. The molecule has 1 fully saturated rings. The molecule has 1 aromatic heterocycles. The van der Waals surface area contributed by atoms with Gasteiger partial charge in [0.25, 0.3) is 0 Å². The van der Waals surface area contributed by atoms with Gasteiger partial charge in [0.2, 0.25) is 0 Å². The van der Waals surface area contributed by atoms with Gasteiger partial charge in [-0.1, -0.05) is 0 Å². The number of carboxylic acids is 1. The van der Waals surface area contributed by atoms with Crippen LogP contribution in [0.3, 0.4) is 0 Å². The SMILES string of the molecule is O=C(O)c1ccnnc1NC1CCCOC1. The summed E-state index contributed by atoms with van der Waals surface area (Å²) in [6.07, 6.45) is 3.29. The largest absolute Gasteiger partial charge is 0.478 e. The Morgan fingerprint density at radius 2 is 2.50 bits per heavy atom. The molecule has 6 nitrogen and oxygen atoms in total. The van der Waals surface area contributed by atoms with Crippen LogP contribution in [-0.4, -0.2) is 40.5 Å². The summed E-state index contributed by atoms with van der Waals surface area (Å²) >= 11 is 0. The number of nitrogens with zero attached hydrogens (tertiary/aromatic N) is 2. The maximum Gasteiger partial charge on any atom is 0.339 e. The molecule has 1 unspecified atom stereocenters. The van der Waals surface area contributed by atoms with E-state index in [0.717, 1.165) is 19.4 Å². The van der Waals surface area contributed by atoms with Gasteiger partial charge < -0.3 is 15.2 Å². The molecule has 1 aromatic rings. The molecule has 2 heterocycles. The number of anilines is 1. The first-order valence-electron chi connectivity index (χ1n) is 5.16. The second-order valence-corrected chi connectivity index (χ2v) is 3.66. The number of aromatic nitrogens is 2. The third kappa shape index (κ3) is 2.46. The zero-order chi connectivity index (χ0) is 11.4. The number of nitrogens with one attached hydrogen (secondary N) is 1. The van der Waals surface area contributed by atoms with Crippen molar-refractivity contribution in [3.05, 3.63) is 17.8 Å². The van der Waals surface area contributed by atoms with Crippen LogP contribution in [0, 0.1) is 0 Å². The highest BCUT2D eigenvalue weighted by Gasteiger charge is 2.18. The van der Waals surface area contributed by atoms with E-state index in [1.54, 1.807) is 0 Å². The van der Waals surface area contributed by atoms with E-state index < -0.39 is 5.97 Å². The molecule has 86 valence electrons. The zero-order valence-corrected chi connectivity index (χ0v) is 8.72. The maximum absolute atomic E-state index is 10.9. The van der Waals surface area contributed by atoms with Gasteiger partial charge in [0.1, 0.15) is 5.56 Å². The standard InChI is InChI=1S/C10H13N3O3/c14-10(15)8-3-4-11-13-9(8)12-7-2-1-5-16-6-7/h3-4,7H,1-2,5-6H2,(H,12,13)(H,14,15). The van der Waals surface area contributed by atoms with E-state index in [2.05, 4.69) is 15.5 Å². The van der Waals surface area contributed by atoms with Gasteiger partial charge in [0, 0.05) is 6.61 Å². The summed E-state index contributed by atoms with van der Waals surface area (Å²) in [6.45, 7) is 1.35. The van der Waals surface area contributed by atoms with Gasteiger partial charge in [0.15, 0.2) is 5.82 Å². The Morgan fingerprint density at radius 1 is 1.62 bits per heavy atom.